The Labute approximate surface area is 123 Å². The van der Waals surface area contributed by atoms with Gasteiger partial charge in [0.15, 0.2) is 0 Å². The Morgan fingerprint density at radius 3 is 2.45 bits per heavy atom. The van der Waals surface area contributed by atoms with E-state index in [-0.39, 0.29) is 18.4 Å². The van der Waals surface area contributed by atoms with Crippen LogP contribution in [0.5, 0.6) is 5.75 Å². The molecule has 2 unspecified atom stereocenters. The molecule has 0 amide bonds. The maximum absolute atomic E-state index is 13.5. The van der Waals surface area contributed by atoms with Crippen LogP contribution in [0.25, 0.3) is 0 Å². The zero-order chi connectivity index (χ0) is 16.5. The fourth-order valence-corrected chi connectivity index (χ4v) is 3.75. The zero-order valence-electron chi connectivity index (χ0n) is 11.2. The van der Waals surface area contributed by atoms with Crippen molar-refractivity contribution in [2.24, 2.45) is 5.92 Å². The number of hydrogen-bond acceptors (Lipinski definition) is 3. The van der Waals surface area contributed by atoms with Crippen molar-refractivity contribution in [2.75, 3.05) is 0 Å². The van der Waals surface area contributed by atoms with E-state index in [1.165, 1.54) is 6.07 Å². The van der Waals surface area contributed by atoms with Gasteiger partial charge in [0.05, 0.1) is 0 Å². The number of benzene rings is 1. The van der Waals surface area contributed by atoms with Crippen LogP contribution >= 0.6 is 0 Å². The minimum Gasteiger partial charge on any atom is -0.376 e. The maximum atomic E-state index is 13.5. The standard InChI is InChI=1S/C13H11F5O3S/c1-6-2-3-10(21-22(19,20)13(16,17)18)7-4-9-8(11(6)7)5-12(9,14)15/h2-3,8-9H,4-5H2,1H3. The smallest absolute Gasteiger partial charge is 0.376 e. The monoisotopic (exact) mass is 342 g/mol. The summed E-state index contributed by atoms with van der Waals surface area (Å²) in [6, 6.07) is 2.47. The topological polar surface area (TPSA) is 43.4 Å². The van der Waals surface area contributed by atoms with E-state index in [1.54, 1.807) is 6.92 Å². The largest absolute Gasteiger partial charge is 0.534 e. The van der Waals surface area contributed by atoms with E-state index in [9.17, 15) is 30.4 Å². The van der Waals surface area contributed by atoms with E-state index in [0.717, 1.165) is 6.07 Å². The molecular weight excluding hydrogens is 331 g/mol. The van der Waals surface area contributed by atoms with Gasteiger partial charge in [-0.15, -0.1) is 0 Å². The van der Waals surface area contributed by atoms with Gasteiger partial charge in [-0.3, -0.25) is 0 Å². The molecule has 3 rings (SSSR count). The van der Waals surface area contributed by atoms with Gasteiger partial charge in [0, 0.05) is 17.9 Å². The van der Waals surface area contributed by atoms with Gasteiger partial charge in [0.2, 0.25) is 0 Å². The molecule has 0 bridgehead atoms. The summed E-state index contributed by atoms with van der Waals surface area (Å²) in [4.78, 5) is 0. The van der Waals surface area contributed by atoms with Gasteiger partial charge in [0.25, 0.3) is 5.92 Å². The van der Waals surface area contributed by atoms with Crippen LogP contribution in [-0.2, 0) is 16.5 Å². The van der Waals surface area contributed by atoms with Crippen LogP contribution < -0.4 is 4.18 Å². The fourth-order valence-electron chi connectivity index (χ4n) is 3.27. The Morgan fingerprint density at radius 2 is 1.91 bits per heavy atom. The van der Waals surface area contributed by atoms with Gasteiger partial charge < -0.3 is 4.18 Å². The first-order valence-corrected chi connectivity index (χ1v) is 7.86. The second-order valence-electron chi connectivity index (χ2n) is 5.64. The highest BCUT2D eigenvalue weighted by atomic mass is 32.2. The lowest BCUT2D eigenvalue weighted by atomic mass is 9.70. The Kier molecular flexibility index (Phi) is 3.06. The van der Waals surface area contributed by atoms with Crippen LogP contribution in [0, 0.1) is 12.8 Å². The van der Waals surface area contributed by atoms with Crippen molar-refractivity contribution in [1.29, 1.82) is 0 Å². The predicted molar refractivity (Wildman–Crippen MR) is 66.3 cm³/mol. The summed E-state index contributed by atoms with van der Waals surface area (Å²) >= 11 is 0. The van der Waals surface area contributed by atoms with Crippen LogP contribution in [0.3, 0.4) is 0 Å². The normalized spacial score (nSPS) is 26.1. The second-order valence-corrected chi connectivity index (χ2v) is 7.18. The molecule has 2 aliphatic rings. The molecule has 0 spiro atoms. The number of halogens is 5. The van der Waals surface area contributed by atoms with Crippen molar-refractivity contribution < 1.29 is 34.6 Å². The van der Waals surface area contributed by atoms with Crippen molar-refractivity contribution >= 4 is 10.1 Å². The predicted octanol–water partition coefficient (Wildman–Crippen LogP) is 3.52. The van der Waals surface area contributed by atoms with Crippen molar-refractivity contribution in [1.82, 2.24) is 0 Å². The summed E-state index contributed by atoms with van der Waals surface area (Å²) in [5, 5.41) is 0. The van der Waals surface area contributed by atoms with Crippen molar-refractivity contribution in [2.45, 2.75) is 37.1 Å². The first-order valence-electron chi connectivity index (χ1n) is 6.45. The van der Waals surface area contributed by atoms with Crippen LogP contribution in [0.15, 0.2) is 12.1 Å². The lowest BCUT2D eigenvalue weighted by Crippen LogP contribution is -2.43. The van der Waals surface area contributed by atoms with Gasteiger partial charge in [0.1, 0.15) is 5.75 Å². The summed E-state index contributed by atoms with van der Waals surface area (Å²) in [5.41, 5.74) is -4.28. The van der Waals surface area contributed by atoms with Gasteiger partial charge in [-0.1, -0.05) is 6.07 Å². The highest BCUT2D eigenvalue weighted by molar-refractivity contribution is 7.88. The van der Waals surface area contributed by atoms with Crippen molar-refractivity contribution in [3.8, 4) is 5.75 Å². The Balaban J connectivity index is 2.01. The summed E-state index contributed by atoms with van der Waals surface area (Å²) in [6.07, 6.45) is -0.557. The van der Waals surface area contributed by atoms with E-state index in [2.05, 4.69) is 4.18 Å². The van der Waals surface area contributed by atoms with Crippen molar-refractivity contribution in [3.05, 3.63) is 28.8 Å². The number of rotatable bonds is 2. The molecule has 22 heavy (non-hydrogen) atoms. The minimum atomic E-state index is -5.82. The fraction of sp³-hybridized carbons (Fsp3) is 0.538. The molecule has 1 saturated carbocycles. The molecule has 2 aliphatic carbocycles. The number of aryl methyl sites for hydroxylation is 1. The molecule has 1 aromatic carbocycles. The molecule has 1 aromatic rings. The molecule has 0 saturated heterocycles. The molecule has 2 atom stereocenters. The molecule has 1 fully saturated rings. The summed E-state index contributed by atoms with van der Waals surface area (Å²) in [6.45, 7) is 1.65. The van der Waals surface area contributed by atoms with Crippen LogP contribution in [-0.4, -0.2) is 19.8 Å². The molecule has 0 aromatic heterocycles. The summed E-state index contributed by atoms with van der Waals surface area (Å²) in [5.74, 6) is -4.85. The summed E-state index contributed by atoms with van der Waals surface area (Å²) < 4.78 is 90.6. The van der Waals surface area contributed by atoms with E-state index in [0.29, 0.717) is 11.1 Å². The Hall–Kier alpha value is -1.38. The number of hydrogen-bond donors (Lipinski definition) is 0. The molecule has 3 nitrogen and oxygen atoms in total. The van der Waals surface area contributed by atoms with E-state index >= 15 is 0 Å². The van der Waals surface area contributed by atoms with Gasteiger partial charge >= 0.3 is 15.6 Å². The molecule has 0 aliphatic heterocycles. The number of fused-ring (bicyclic) bond motifs is 3. The third-order valence-electron chi connectivity index (χ3n) is 4.33. The molecule has 122 valence electrons. The Morgan fingerprint density at radius 1 is 1.27 bits per heavy atom. The van der Waals surface area contributed by atoms with E-state index < -0.39 is 39.1 Å². The molecule has 0 radical (unpaired) electrons. The van der Waals surface area contributed by atoms with Crippen LogP contribution in [0.4, 0.5) is 22.0 Å². The first kappa shape index (κ1) is 15.5. The quantitative estimate of drug-likeness (QED) is 0.469. The lowest BCUT2D eigenvalue weighted by Gasteiger charge is -2.40. The van der Waals surface area contributed by atoms with Gasteiger partial charge in [-0.05, 0) is 36.5 Å². The molecule has 0 N–H and O–H groups in total. The molecule has 9 heteroatoms. The zero-order valence-corrected chi connectivity index (χ0v) is 12.1. The average molecular weight is 342 g/mol. The lowest BCUT2D eigenvalue weighted by molar-refractivity contribution is -0.141. The molecular formula is C13H11F5O3S. The third kappa shape index (κ3) is 2.09. The van der Waals surface area contributed by atoms with Gasteiger partial charge in [-0.25, -0.2) is 8.78 Å². The van der Waals surface area contributed by atoms with Gasteiger partial charge in [-0.2, -0.15) is 21.6 Å². The second kappa shape index (κ2) is 4.33. The van der Waals surface area contributed by atoms with Crippen molar-refractivity contribution in [3.63, 3.8) is 0 Å². The SMILES string of the molecule is Cc1ccc(OS(=O)(=O)C(F)(F)F)c2c1C1CC(F)(F)C1C2. The highest BCUT2D eigenvalue weighted by Gasteiger charge is 2.60. The highest BCUT2D eigenvalue weighted by Crippen LogP contribution is 2.61. The van der Waals surface area contributed by atoms with E-state index in [1.807, 2.05) is 0 Å². The van der Waals surface area contributed by atoms with Crippen LogP contribution in [0.2, 0.25) is 0 Å². The maximum Gasteiger partial charge on any atom is 0.534 e. The van der Waals surface area contributed by atoms with E-state index in [4.69, 9.17) is 0 Å². The number of alkyl halides is 5. The summed E-state index contributed by atoms with van der Waals surface area (Å²) in [7, 11) is -5.82. The Bertz CT molecular complexity index is 739. The average Bonchev–Trinajstić information content (AvgIpc) is 2.68. The molecule has 0 heterocycles. The van der Waals surface area contributed by atoms with Crippen LogP contribution in [0.1, 0.15) is 29.0 Å². The third-order valence-corrected chi connectivity index (χ3v) is 5.30. The minimum absolute atomic E-state index is 0.139. The first-order chi connectivity index (χ1) is 9.94.